The largest absolute Gasteiger partial charge is 0.355 e. The number of hydrogen-bond donors (Lipinski definition) is 2. The molecule has 1 aliphatic carbocycles. The fourth-order valence-electron chi connectivity index (χ4n) is 1.85. The third kappa shape index (κ3) is 4.03. The Morgan fingerprint density at radius 1 is 1.27 bits per heavy atom. The van der Waals surface area contributed by atoms with Crippen molar-refractivity contribution in [2.24, 2.45) is 5.92 Å². The van der Waals surface area contributed by atoms with E-state index in [4.69, 9.17) is 0 Å². The van der Waals surface area contributed by atoms with Gasteiger partial charge in [0.25, 0.3) is 0 Å². The Kier molecular flexibility index (Phi) is 4.32. The zero-order valence-corrected chi connectivity index (χ0v) is 9.94. The van der Waals surface area contributed by atoms with Crippen LogP contribution in [0.15, 0.2) is 0 Å². The number of thioether (sulfide) groups is 1. The number of rotatable bonds is 5. The van der Waals surface area contributed by atoms with Crippen LogP contribution in [0.25, 0.3) is 0 Å². The summed E-state index contributed by atoms with van der Waals surface area (Å²) in [6.07, 6.45) is 4.82. The monoisotopic (exact) mass is 228 g/mol. The zero-order valence-electron chi connectivity index (χ0n) is 9.13. The zero-order chi connectivity index (χ0) is 10.5. The van der Waals surface area contributed by atoms with Gasteiger partial charge in [0.15, 0.2) is 0 Å². The Hall–Kier alpha value is -0.220. The minimum atomic E-state index is 0.259. The number of nitrogens with one attached hydrogen (secondary N) is 2. The van der Waals surface area contributed by atoms with Crippen LogP contribution in [0, 0.1) is 5.92 Å². The molecule has 0 bridgehead atoms. The Morgan fingerprint density at radius 2 is 2.13 bits per heavy atom. The highest BCUT2D eigenvalue weighted by atomic mass is 32.2. The lowest BCUT2D eigenvalue weighted by Crippen LogP contribution is -2.39. The van der Waals surface area contributed by atoms with Crippen molar-refractivity contribution in [1.82, 2.24) is 10.6 Å². The van der Waals surface area contributed by atoms with Crippen molar-refractivity contribution in [3.8, 4) is 0 Å². The SMILES string of the molecule is O=C(NCCN[C@H]1CCCSC1)C1CC1. The van der Waals surface area contributed by atoms with Gasteiger partial charge in [-0.05, 0) is 31.4 Å². The van der Waals surface area contributed by atoms with Crippen molar-refractivity contribution >= 4 is 17.7 Å². The Balaban J connectivity index is 1.48. The average molecular weight is 228 g/mol. The first-order chi connectivity index (χ1) is 7.36. The molecular weight excluding hydrogens is 208 g/mol. The van der Waals surface area contributed by atoms with Crippen LogP contribution >= 0.6 is 11.8 Å². The lowest BCUT2D eigenvalue weighted by Gasteiger charge is -2.22. The third-order valence-electron chi connectivity index (χ3n) is 2.97. The van der Waals surface area contributed by atoms with E-state index in [2.05, 4.69) is 10.6 Å². The molecule has 3 nitrogen and oxygen atoms in total. The van der Waals surface area contributed by atoms with E-state index in [1.807, 2.05) is 11.8 Å². The highest BCUT2D eigenvalue weighted by Crippen LogP contribution is 2.28. The molecule has 0 aromatic carbocycles. The molecule has 1 aliphatic heterocycles. The minimum Gasteiger partial charge on any atom is -0.355 e. The maximum absolute atomic E-state index is 11.3. The second kappa shape index (κ2) is 5.75. The van der Waals surface area contributed by atoms with Crippen molar-refractivity contribution in [3.63, 3.8) is 0 Å². The molecule has 0 spiro atoms. The quantitative estimate of drug-likeness (QED) is 0.690. The average Bonchev–Trinajstić information content (AvgIpc) is 3.09. The molecule has 2 rings (SSSR count). The highest BCUT2D eigenvalue weighted by Gasteiger charge is 2.28. The predicted molar refractivity (Wildman–Crippen MR) is 64.1 cm³/mol. The maximum Gasteiger partial charge on any atom is 0.223 e. The summed E-state index contributed by atoms with van der Waals surface area (Å²) in [5.74, 6) is 3.15. The van der Waals surface area contributed by atoms with E-state index >= 15 is 0 Å². The van der Waals surface area contributed by atoms with E-state index in [9.17, 15) is 4.79 Å². The summed E-state index contributed by atoms with van der Waals surface area (Å²) in [6.45, 7) is 1.71. The Labute approximate surface area is 95.8 Å². The second-order valence-electron chi connectivity index (χ2n) is 4.43. The fourth-order valence-corrected chi connectivity index (χ4v) is 2.96. The highest BCUT2D eigenvalue weighted by molar-refractivity contribution is 7.99. The molecule has 0 radical (unpaired) electrons. The first kappa shape index (κ1) is 11.3. The predicted octanol–water partition coefficient (Wildman–Crippen LogP) is 0.998. The van der Waals surface area contributed by atoms with E-state index in [1.54, 1.807) is 0 Å². The fraction of sp³-hybridized carbons (Fsp3) is 0.909. The van der Waals surface area contributed by atoms with Gasteiger partial charge in [-0.2, -0.15) is 11.8 Å². The van der Waals surface area contributed by atoms with Crippen LogP contribution in [0.2, 0.25) is 0 Å². The summed E-state index contributed by atoms with van der Waals surface area (Å²) in [5.41, 5.74) is 0. The van der Waals surface area contributed by atoms with Crippen molar-refractivity contribution in [2.45, 2.75) is 31.7 Å². The van der Waals surface area contributed by atoms with Gasteiger partial charge in [0.2, 0.25) is 5.91 Å². The molecular formula is C11H20N2OS. The van der Waals surface area contributed by atoms with Crippen molar-refractivity contribution in [1.29, 1.82) is 0 Å². The maximum atomic E-state index is 11.3. The van der Waals surface area contributed by atoms with Gasteiger partial charge in [-0.15, -0.1) is 0 Å². The molecule has 86 valence electrons. The van der Waals surface area contributed by atoms with Gasteiger partial charge in [0, 0.05) is 30.8 Å². The number of carbonyl (C=O) groups is 1. The van der Waals surface area contributed by atoms with Crippen LogP contribution in [0.4, 0.5) is 0 Å². The van der Waals surface area contributed by atoms with E-state index in [0.717, 1.165) is 25.9 Å². The van der Waals surface area contributed by atoms with Gasteiger partial charge < -0.3 is 10.6 Å². The molecule has 1 amide bonds. The van der Waals surface area contributed by atoms with Crippen LogP contribution < -0.4 is 10.6 Å². The molecule has 1 saturated carbocycles. The lowest BCUT2D eigenvalue weighted by atomic mass is 10.2. The van der Waals surface area contributed by atoms with Crippen LogP contribution in [0.1, 0.15) is 25.7 Å². The summed E-state index contributed by atoms with van der Waals surface area (Å²) < 4.78 is 0. The van der Waals surface area contributed by atoms with Crippen molar-refractivity contribution < 1.29 is 4.79 Å². The summed E-state index contributed by atoms with van der Waals surface area (Å²) >= 11 is 2.03. The van der Waals surface area contributed by atoms with Gasteiger partial charge in [-0.25, -0.2) is 0 Å². The van der Waals surface area contributed by atoms with E-state index in [-0.39, 0.29) is 5.91 Å². The summed E-state index contributed by atoms with van der Waals surface area (Å²) in [6, 6.07) is 0.668. The molecule has 2 aliphatic rings. The molecule has 1 heterocycles. The molecule has 0 aromatic heterocycles. The molecule has 1 atom stereocenters. The van der Waals surface area contributed by atoms with Crippen LogP contribution in [-0.4, -0.2) is 36.5 Å². The molecule has 4 heteroatoms. The first-order valence-electron chi connectivity index (χ1n) is 5.95. The number of carbonyl (C=O) groups excluding carboxylic acids is 1. The minimum absolute atomic E-state index is 0.259. The summed E-state index contributed by atoms with van der Waals surface area (Å²) in [7, 11) is 0. The van der Waals surface area contributed by atoms with Gasteiger partial charge in [-0.1, -0.05) is 0 Å². The molecule has 1 saturated heterocycles. The van der Waals surface area contributed by atoms with Crippen LogP contribution in [0.3, 0.4) is 0 Å². The van der Waals surface area contributed by atoms with Gasteiger partial charge in [0.05, 0.1) is 0 Å². The normalized spacial score (nSPS) is 26.3. The van der Waals surface area contributed by atoms with E-state index in [1.165, 1.54) is 24.3 Å². The third-order valence-corrected chi connectivity index (χ3v) is 4.18. The summed E-state index contributed by atoms with van der Waals surface area (Å²) in [4.78, 5) is 11.3. The molecule has 2 fully saturated rings. The number of hydrogen-bond acceptors (Lipinski definition) is 3. The summed E-state index contributed by atoms with van der Waals surface area (Å²) in [5, 5.41) is 6.48. The lowest BCUT2D eigenvalue weighted by molar-refractivity contribution is -0.122. The standard InChI is InChI=1S/C11H20N2OS/c14-11(9-3-4-9)13-6-5-12-10-2-1-7-15-8-10/h9-10,12H,1-8H2,(H,13,14)/t10-/m0/s1. The van der Waals surface area contributed by atoms with E-state index < -0.39 is 0 Å². The topological polar surface area (TPSA) is 41.1 Å². The van der Waals surface area contributed by atoms with Gasteiger partial charge in [0.1, 0.15) is 0 Å². The first-order valence-corrected chi connectivity index (χ1v) is 7.10. The van der Waals surface area contributed by atoms with Crippen LogP contribution in [-0.2, 0) is 4.79 Å². The number of amides is 1. The van der Waals surface area contributed by atoms with Crippen molar-refractivity contribution in [3.05, 3.63) is 0 Å². The molecule has 15 heavy (non-hydrogen) atoms. The van der Waals surface area contributed by atoms with E-state index in [0.29, 0.717) is 12.0 Å². The smallest absolute Gasteiger partial charge is 0.223 e. The molecule has 0 aromatic rings. The van der Waals surface area contributed by atoms with Gasteiger partial charge in [-0.3, -0.25) is 4.79 Å². The van der Waals surface area contributed by atoms with Crippen LogP contribution in [0.5, 0.6) is 0 Å². The molecule has 2 N–H and O–H groups in total. The second-order valence-corrected chi connectivity index (χ2v) is 5.58. The molecule has 0 unspecified atom stereocenters. The Bertz CT molecular complexity index is 213. The van der Waals surface area contributed by atoms with Gasteiger partial charge >= 0.3 is 0 Å². The van der Waals surface area contributed by atoms with Crippen molar-refractivity contribution in [2.75, 3.05) is 24.6 Å². The Morgan fingerprint density at radius 3 is 2.80 bits per heavy atom.